The van der Waals surface area contributed by atoms with E-state index in [1.54, 1.807) is 11.8 Å². The van der Waals surface area contributed by atoms with Crippen molar-refractivity contribution >= 4 is 23.4 Å². The van der Waals surface area contributed by atoms with Crippen LogP contribution in [0.25, 0.3) is 0 Å². The highest BCUT2D eigenvalue weighted by Crippen LogP contribution is 2.37. The van der Waals surface area contributed by atoms with Crippen LogP contribution in [-0.2, 0) is 11.2 Å². The van der Waals surface area contributed by atoms with E-state index >= 15 is 0 Å². The van der Waals surface area contributed by atoms with Crippen LogP contribution in [0.2, 0.25) is 0 Å². The van der Waals surface area contributed by atoms with Crippen LogP contribution in [0.1, 0.15) is 16.4 Å². The molecule has 0 radical (unpaired) electrons. The Morgan fingerprint density at radius 1 is 1.22 bits per heavy atom. The summed E-state index contributed by atoms with van der Waals surface area (Å²) >= 11 is 1.70. The molecule has 0 aromatic heterocycles. The number of ether oxygens (including phenoxy) is 1. The van der Waals surface area contributed by atoms with Gasteiger partial charge in [0.1, 0.15) is 17.6 Å². The SMILES string of the molecule is NCCOc1ccc(NC(=O)C2SCCc3ccccc32)cc1. The molecule has 1 heterocycles. The summed E-state index contributed by atoms with van der Waals surface area (Å²) in [4.78, 5) is 12.6. The van der Waals surface area contributed by atoms with E-state index in [1.165, 1.54) is 5.56 Å². The number of hydrogen-bond donors (Lipinski definition) is 2. The van der Waals surface area contributed by atoms with Crippen molar-refractivity contribution in [2.75, 3.05) is 24.2 Å². The maximum Gasteiger partial charge on any atom is 0.242 e. The summed E-state index contributed by atoms with van der Waals surface area (Å²) in [5.74, 6) is 1.75. The third kappa shape index (κ3) is 3.86. The second-order valence-electron chi connectivity index (χ2n) is 5.35. The monoisotopic (exact) mass is 328 g/mol. The van der Waals surface area contributed by atoms with Gasteiger partial charge in [0, 0.05) is 12.2 Å². The number of hydrogen-bond acceptors (Lipinski definition) is 4. The Kier molecular flexibility index (Phi) is 5.20. The average molecular weight is 328 g/mol. The van der Waals surface area contributed by atoms with E-state index in [0.717, 1.165) is 29.2 Å². The maximum atomic E-state index is 12.6. The topological polar surface area (TPSA) is 64.3 Å². The lowest BCUT2D eigenvalue weighted by atomic mass is 10.0. The molecule has 3 N–H and O–H groups in total. The van der Waals surface area contributed by atoms with E-state index in [9.17, 15) is 4.79 Å². The molecule has 1 aliphatic rings. The number of thioether (sulfide) groups is 1. The molecule has 23 heavy (non-hydrogen) atoms. The first kappa shape index (κ1) is 15.9. The predicted molar refractivity (Wildman–Crippen MR) is 95.0 cm³/mol. The van der Waals surface area contributed by atoms with Crippen LogP contribution >= 0.6 is 11.8 Å². The van der Waals surface area contributed by atoms with E-state index in [0.29, 0.717) is 13.2 Å². The van der Waals surface area contributed by atoms with Gasteiger partial charge in [0.05, 0.1) is 0 Å². The van der Waals surface area contributed by atoms with Crippen molar-refractivity contribution in [2.24, 2.45) is 5.73 Å². The van der Waals surface area contributed by atoms with Crippen molar-refractivity contribution in [3.63, 3.8) is 0 Å². The lowest BCUT2D eigenvalue weighted by Crippen LogP contribution is -2.23. The number of rotatable bonds is 5. The number of nitrogens with one attached hydrogen (secondary N) is 1. The Morgan fingerprint density at radius 3 is 2.78 bits per heavy atom. The van der Waals surface area contributed by atoms with Crippen molar-refractivity contribution in [2.45, 2.75) is 11.7 Å². The molecule has 0 fully saturated rings. The lowest BCUT2D eigenvalue weighted by molar-refractivity contribution is -0.115. The van der Waals surface area contributed by atoms with Gasteiger partial charge in [-0.3, -0.25) is 4.79 Å². The molecule has 1 atom stereocenters. The summed E-state index contributed by atoms with van der Waals surface area (Å²) in [5, 5.41) is 2.85. The second kappa shape index (κ2) is 7.53. The van der Waals surface area contributed by atoms with Gasteiger partial charge in [-0.25, -0.2) is 0 Å². The molecule has 0 saturated carbocycles. The van der Waals surface area contributed by atoms with Crippen LogP contribution in [0, 0.1) is 0 Å². The fourth-order valence-corrected chi connectivity index (χ4v) is 3.82. The van der Waals surface area contributed by atoms with Crippen LogP contribution in [0.4, 0.5) is 5.69 Å². The smallest absolute Gasteiger partial charge is 0.242 e. The van der Waals surface area contributed by atoms with Crippen LogP contribution in [0.15, 0.2) is 48.5 Å². The average Bonchev–Trinajstić information content (AvgIpc) is 2.60. The van der Waals surface area contributed by atoms with Gasteiger partial charge in [-0.1, -0.05) is 24.3 Å². The normalized spacial score (nSPS) is 16.5. The van der Waals surface area contributed by atoms with Crippen molar-refractivity contribution in [1.82, 2.24) is 0 Å². The number of aryl methyl sites for hydroxylation is 1. The van der Waals surface area contributed by atoms with Gasteiger partial charge < -0.3 is 15.8 Å². The summed E-state index contributed by atoms with van der Waals surface area (Å²) in [6, 6.07) is 15.6. The Hall–Kier alpha value is -1.98. The van der Waals surface area contributed by atoms with E-state index in [1.807, 2.05) is 36.4 Å². The van der Waals surface area contributed by atoms with Crippen LogP contribution < -0.4 is 15.8 Å². The number of fused-ring (bicyclic) bond motifs is 1. The zero-order valence-corrected chi connectivity index (χ0v) is 13.6. The largest absolute Gasteiger partial charge is 0.492 e. The summed E-state index contributed by atoms with van der Waals surface area (Å²) in [6.07, 6.45) is 1.03. The van der Waals surface area contributed by atoms with Gasteiger partial charge >= 0.3 is 0 Å². The van der Waals surface area contributed by atoms with Crippen LogP contribution in [-0.4, -0.2) is 24.8 Å². The molecule has 2 aromatic carbocycles. The highest BCUT2D eigenvalue weighted by molar-refractivity contribution is 8.00. The molecule has 0 spiro atoms. The van der Waals surface area contributed by atoms with Gasteiger partial charge in [0.15, 0.2) is 0 Å². The Morgan fingerprint density at radius 2 is 2.00 bits per heavy atom. The molecule has 1 aliphatic heterocycles. The first-order valence-corrected chi connectivity index (χ1v) is 8.76. The summed E-state index contributed by atoms with van der Waals surface area (Å²) in [6.45, 7) is 0.970. The number of anilines is 1. The third-order valence-corrected chi connectivity index (χ3v) is 4.98. The molecule has 5 heteroatoms. The number of benzene rings is 2. The van der Waals surface area contributed by atoms with Crippen molar-refractivity contribution < 1.29 is 9.53 Å². The molecule has 1 unspecified atom stereocenters. The zero-order chi connectivity index (χ0) is 16.1. The van der Waals surface area contributed by atoms with Crippen LogP contribution in [0.3, 0.4) is 0 Å². The first-order chi connectivity index (χ1) is 11.3. The molecule has 120 valence electrons. The summed E-state index contributed by atoms with van der Waals surface area (Å²) < 4.78 is 5.44. The standard InChI is InChI=1S/C18H20N2O2S/c19-10-11-22-15-7-5-14(6-8-15)20-18(21)17-16-4-2-1-3-13(16)9-12-23-17/h1-8,17H,9-12,19H2,(H,20,21). The first-order valence-electron chi connectivity index (χ1n) is 7.71. The van der Waals surface area contributed by atoms with Gasteiger partial charge in [0.2, 0.25) is 5.91 Å². The Labute approximate surface area is 140 Å². The number of carbonyl (C=O) groups excluding carboxylic acids is 1. The Balaban J connectivity index is 1.68. The zero-order valence-electron chi connectivity index (χ0n) is 12.8. The van der Waals surface area contributed by atoms with E-state index in [4.69, 9.17) is 10.5 Å². The van der Waals surface area contributed by atoms with Crippen molar-refractivity contribution in [3.8, 4) is 5.75 Å². The summed E-state index contributed by atoms with van der Waals surface area (Å²) in [7, 11) is 0. The van der Waals surface area contributed by atoms with E-state index in [2.05, 4.69) is 17.4 Å². The number of amides is 1. The van der Waals surface area contributed by atoms with Crippen molar-refractivity contribution in [3.05, 3.63) is 59.7 Å². The highest BCUT2D eigenvalue weighted by atomic mass is 32.2. The maximum absolute atomic E-state index is 12.6. The van der Waals surface area contributed by atoms with E-state index < -0.39 is 0 Å². The minimum Gasteiger partial charge on any atom is -0.492 e. The molecule has 0 saturated heterocycles. The fourth-order valence-electron chi connectivity index (χ4n) is 2.63. The third-order valence-electron chi connectivity index (χ3n) is 3.74. The van der Waals surface area contributed by atoms with Crippen LogP contribution in [0.5, 0.6) is 5.75 Å². The van der Waals surface area contributed by atoms with Gasteiger partial charge in [-0.05, 0) is 47.6 Å². The molecule has 1 amide bonds. The Bertz CT molecular complexity index is 673. The summed E-state index contributed by atoms with van der Waals surface area (Å²) in [5.41, 5.74) is 8.59. The molecule has 0 bridgehead atoms. The second-order valence-corrected chi connectivity index (χ2v) is 6.56. The number of carbonyl (C=O) groups is 1. The molecule has 2 aromatic rings. The molecule has 0 aliphatic carbocycles. The lowest BCUT2D eigenvalue weighted by Gasteiger charge is -2.24. The minimum absolute atomic E-state index is 0.0257. The molecular weight excluding hydrogens is 308 g/mol. The highest BCUT2D eigenvalue weighted by Gasteiger charge is 2.26. The predicted octanol–water partition coefficient (Wildman–Crippen LogP) is 2.99. The van der Waals surface area contributed by atoms with Gasteiger partial charge in [-0.2, -0.15) is 0 Å². The molecule has 4 nitrogen and oxygen atoms in total. The van der Waals surface area contributed by atoms with Gasteiger partial charge in [0.25, 0.3) is 0 Å². The quantitative estimate of drug-likeness (QED) is 0.885. The van der Waals surface area contributed by atoms with E-state index in [-0.39, 0.29) is 11.2 Å². The molecule has 3 rings (SSSR count). The number of nitrogens with two attached hydrogens (primary N) is 1. The van der Waals surface area contributed by atoms with Gasteiger partial charge in [-0.15, -0.1) is 11.8 Å². The van der Waals surface area contributed by atoms with Crippen molar-refractivity contribution in [1.29, 1.82) is 0 Å². The minimum atomic E-state index is -0.145. The molecular formula is C18H20N2O2S. The fraction of sp³-hybridized carbons (Fsp3) is 0.278.